The Morgan fingerprint density at radius 2 is 2.13 bits per heavy atom. The predicted octanol–water partition coefficient (Wildman–Crippen LogP) is 3.14. The Kier molecular flexibility index (Phi) is 7.37. The minimum atomic E-state index is 0.0107. The van der Waals surface area contributed by atoms with Gasteiger partial charge in [0.15, 0.2) is 0 Å². The van der Waals surface area contributed by atoms with Gasteiger partial charge in [-0.1, -0.05) is 6.08 Å². The zero-order valence-electron chi connectivity index (χ0n) is 18.4. The van der Waals surface area contributed by atoms with Crippen molar-refractivity contribution in [2.45, 2.75) is 70.7 Å². The van der Waals surface area contributed by atoms with Crippen molar-refractivity contribution in [1.82, 2.24) is 15.5 Å². The van der Waals surface area contributed by atoms with Crippen LogP contribution < -0.4 is 16.4 Å². The number of ether oxygens (including phenoxy) is 1. The van der Waals surface area contributed by atoms with Crippen LogP contribution in [-0.2, 0) is 4.74 Å². The fraction of sp³-hybridized carbons (Fsp3) is 0.565. The van der Waals surface area contributed by atoms with E-state index in [4.69, 9.17) is 15.9 Å². The van der Waals surface area contributed by atoms with Crippen LogP contribution in [0, 0.1) is 5.41 Å². The van der Waals surface area contributed by atoms with E-state index in [9.17, 15) is 0 Å². The molecule has 2 aliphatic heterocycles. The highest BCUT2D eigenvalue weighted by Gasteiger charge is 2.39. The van der Waals surface area contributed by atoms with E-state index in [-0.39, 0.29) is 11.8 Å². The number of hydrogen-bond donors (Lipinski definition) is 4. The molecule has 1 aliphatic carbocycles. The number of aliphatic imine (C=N–C) groups is 1. The van der Waals surface area contributed by atoms with E-state index in [2.05, 4.69) is 27.4 Å². The van der Waals surface area contributed by atoms with Crippen molar-refractivity contribution in [2.24, 2.45) is 10.7 Å². The molecule has 0 bridgehead atoms. The standard InChI is InChI=1S/C23H36N6O/c1-4-11-26-19-7-12-29(13-8-19)22-15-21(27-16-28-22)20(25)14-18(24)6-5-17(2)30-23(3)9-10-23/h4-6,11,15-16,19,22,25-26H,7-10,12-14,24H2,1-3H3,(H,27,28)/b11-4-,17-5+,18-6+,25-20?. The molecular weight excluding hydrogens is 376 g/mol. The molecule has 30 heavy (non-hydrogen) atoms. The first-order chi connectivity index (χ1) is 14.4. The minimum absolute atomic E-state index is 0.0107. The zero-order valence-corrected chi connectivity index (χ0v) is 18.4. The second-order valence-electron chi connectivity index (χ2n) is 8.62. The van der Waals surface area contributed by atoms with E-state index < -0.39 is 0 Å². The molecular formula is C23H36N6O. The molecule has 7 heteroatoms. The maximum Gasteiger partial charge on any atom is 0.106 e. The number of hydrogen-bond acceptors (Lipinski definition) is 7. The van der Waals surface area contributed by atoms with Crippen molar-refractivity contribution in [2.75, 3.05) is 13.1 Å². The fourth-order valence-electron chi connectivity index (χ4n) is 3.67. The molecule has 3 rings (SSSR count). The van der Waals surface area contributed by atoms with Crippen molar-refractivity contribution in [1.29, 1.82) is 5.41 Å². The quantitative estimate of drug-likeness (QED) is 0.265. The summed E-state index contributed by atoms with van der Waals surface area (Å²) in [5.74, 6) is 0.857. The molecule has 7 nitrogen and oxygen atoms in total. The number of nitrogens with zero attached hydrogens (tertiary/aromatic N) is 2. The molecule has 0 aromatic rings. The Bertz CT molecular complexity index is 767. The Morgan fingerprint density at radius 1 is 1.40 bits per heavy atom. The van der Waals surface area contributed by atoms with Gasteiger partial charge in [-0.05, 0) is 70.9 Å². The normalized spacial score (nSPS) is 25.0. The van der Waals surface area contributed by atoms with Crippen LogP contribution in [0.1, 0.15) is 52.9 Å². The summed E-state index contributed by atoms with van der Waals surface area (Å²) >= 11 is 0. The van der Waals surface area contributed by atoms with E-state index in [1.54, 1.807) is 6.34 Å². The SMILES string of the molecule is C/C=C\NC1CCN(C2C=C(C(=N)C/C(N)=C\C=C(/C)OC3(C)CC3)N=CN2)CC1. The summed E-state index contributed by atoms with van der Waals surface area (Å²) in [7, 11) is 0. The lowest BCUT2D eigenvalue weighted by Gasteiger charge is -2.37. The molecule has 2 fully saturated rings. The van der Waals surface area contributed by atoms with Crippen molar-refractivity contribution in [3.63, 3.8) is 0 Å². The molecule has 1 saturated heterocycles. The predicted molar refractivity (Wildman–Crippen MR) is 123 cm³/mol. The zero-order chi connectivity index (χ0) is 21.6. The fourth-order valence-corrected chi connectivity index (χ4v) is 3.67. The Morgan fingerprint density at radius 3 is 2.80 bits per heavy atom. The lowest BCUT2D eigenvalue weighted by atomic mass is 10.0. The first kappa shape index (κ1) is 22.2. The molecule has 0 spiro atoms. The van der Waals surface area contributed by atoms with Gasteiger partial charge in [0.05, 0.1) is 23.5 Å². The third-order valence-corrected chi connectivity index (χ3v) is 5.77. The number of rotatable bonds is 9. The Labute approximate surface area is 180 Å². The summed E-state index contributed by atoms with van der Waals surface area (Å²) in [6.07, 6.45) is 16.4. The van der Waals surface area contributed by atoms with Crippen LogP contribution in [0.4, 0.5) is 0 Å². The average molecular weight is 413 g/mol. The van der Waals surface area contributed by atoms with Gasteiger partial charge < -0.3 is 26.5 Å². The highest BCUT2D eigenvalue weighted by Crippen LogP contribution is 2.40. The van der Waals surface area contributed by atoms with Crippen LogP contribution >= 0.6 is 0 Å². The van der Waals surface area contributed by atoms with Crippen LogP contribution in [0.2, 0.25) is 0 Å². The number of allylic oxidation sites excluding steroid dienone is 6. The largest absolute Gasteiger partial charge is 0.492 e. The van der Waals surface area contributed by atoms with Gasteiger partial charge in [-0.2, -0.15) is 0 Å². The smallest absolute Gasteiger partial charge is 0.106 e. The van der Waals surface area contributed by atoms with Gasteiger partial charge in [-0.15, -0.1) is 0 Å². The Balaban J connectivity index is 1.51. The van der Waals surface area contributed by atoms with Gasteiger partial charge in [0.25, 0.3) is 0 Å². The van der Waals surface area contributed by atoms with Crippen molar-refractivity contribution >= 4 is 12.1 Å². The van der Waals surface area contributed by atoms with Crippen LogP contribution in [0.3, 0.4) is 0 Å². The number of nitrogens with two attached hydrogens (primary N) is 1. The second kappa shape index (κ2) is 9.98. The topological polar surface area (TPSA) is 98.8 Å². The molecule has 1 atom stereocenters. The number of piperidine rings is 1. The van der Waals surface area contributed by atoms with E-state index in [0.717, 1.165) is 44.5 Å². The summed E-state index contributed by atoms with van der Waals surface area (Å²) in [5, 5.41) is 15.2. The van der Waals surface area contributed by atoms with Crippen molar-refractivity contribution in [3.05, 3.63) is 47.7 Å². The van der Waals surface area contributed by atoms with E-state index in [1.807, 2.05) is 44.4 Å². The highest BCUT2D eigenvalue weighted by molar-refractivity contribution is 6.00. The second-order valence-corrected chi connectivity index (χ2v) is 8.62. The van der Waals surface area contributed by atoms with Crippen LogP contribution in [0.5, 0.6) is 0 Å². The Hall–Kier alpha value is -2.54. The van der Waals surface area contributed by atoms with Crippen LogP contribution in [-0.4, -0.2) is 47.8 Å². The lowest BCUT2D eigenvalue weighted by molar-refractivity contribution is 0.112. The third kappa shape index (κ3) is 6.49. The van der Waals surface area contributed by atoms with Gasteiger partial charge in [0, 0.05) is 31.2 Å². The summed E-state index contributed by atoms with van der Waals surface area (Å²) in [6, 6.07) is 0.532. The molecule has 0 amide bonds. The van der Waals surface area contributed by atoms with Crippen molar-refractivity contribution in [3.8, 4) is 0 Å². The van der Waals surface area contributed by atoms with Crippen LogP contribution in [0.25, 0.3) is 0 Å². The molecule has 3 aliphatic rings. The first-order valence-electron chi connectivity index (χ1n) is 10.9. The summed E-state index contributed by atoms with van der Waals surface area (Å²) in [5.41, 5.74) is 7.90. The maximum absolute atomic E-state index is 8.45. The first-order valence-corrected chi connectivity index (χ1v) is 10.9. The highest BCUT2D eigenvalue weighted by atomic mass is 16.5. The van der Waals surface area contributed by atoms with E-state index >= 15 is 0 Å². The molecule has 1 saturated carbocycles. The molecule has 1 unspecified atom stereocenters. The minimum Gasteiger partial charge on any atom is -0.492 e. The lowest BCUT2D eigenvalue weighted by Crippen LogP contribution is -2.51. The molecule has 0 aromatic heterocycles. The maximum atomic E-state index is 8.45. The van der Waals surface area contributed by atoms with Gasteiger partial charge in [-0.3, -0.25) is 4.90 Å². The third-order valence-electron chi connectivity index (χ3n) is 5.77. The van der Waals surface area contributed by atoms with Crippen LogP contribution in [0.15, 0.2) is 52.6 Å². The van der Waals surface area contributed by atoms with Gasteiger partial charge in [-0.25, -0.2) is 4.99 Å². The molecule has 0 aromatic carbocycles. The van der Waals surface area contributed by atoms with Gasteiger partial charge >= 0.3 is 0 Å². The summed E-state index contributed by atoms with van der Waals surface area (Å²) in [6.45, 7) is 8.09. The monoisotopic (exact) mass is 412 g/mol. The van der Waals surface area contributed by atoms with Gasteiger partial charge in [0.2, 0.25) is 0 Å². The average Bonchev–Trinajstić information content (AvgIpc) is 3.47. The number of likely N-dealkylation sites (tertiary alicyclic amines) is 1. The van der Waals surface area contributed by atoms with E-state index in [1.165, 1.54) is 0 Å². The summed E-state index contributed by atoms with van der Waals surface area (Å²) < 4.78 is 5.88. The summed E-state index contributed by atoms with van der Waals surface area (Å²) in [4.78, 5) is 6.76. The molecule has 164 valence electrons. The number of nitrogens with one attached hydrogen (secondary N) is 3. The molecule has 5 N–H and O–H groups in total. The molecule has 2 heterocycles. The van der Waals surface area contributed by atoms with Gasteiger partial charge in [0.1, 0.15) is 11.8 Å². The van der Waals surface area contributed by atoms with E-state index in [0.29, 0.717) is 29.6 Å². The van der Waals surface area contributed by atoms with Crippen molar-refractivity contribution < 1.29 is 4.74 Å². The molecule has 0 radical (unpaired) electrons.